The highest BCUT2D eigenvalue weighted by Crippen LogP contribution is 2.44. The highest BCUT2D eigenvalue weighted by molar-refractivity contribution is 8.77. The van der Waals surface area contributed by atoms with Gasteiger partial charge in [0.05, 0.1) is 26.5 Å². The van der Waals surface area contributed by atoms with E-state index in [2.05, 4.69) is 31.1 Å². The average molecular weight is 786 g/mol. The molecule has 12 nitrogen and oxygen atoms in total. The van der Waals surface area contributed by atoms with Crippen LogP contribution in [0.2, 0.25) is 0 Å². The highest BCUT2D eigenvalue weighted by atomic mass is 33.1. The van der Waals surface area contributed by atoms with Gasteiger partial charge in [-0.3, -0.25) is 19.7 Å². The third kappa shape index (κ3) is 9.11. The first kappa shape index (κ1) is 39.7. The van der Waals surface area contributed by atoms with E-state index in [1.54, 1.807) is 37.1 Å². The van der Waals surface area contributed by atoms with Gasteiger partial charge in [-0.2, -0.15) is 0 Å². The van der Waals surface area contributed by atoms with Gasteiger partial charge in [-0.05, 0) is 53.1 Å². The number of anilines is 1. The Bertz CT molecular complexity index is 2120. The summed E-state index contributed by atoms with van der Waals surface area (Å²) >= 11 is 0. The van der Waals surface area contributed by atoms with Crippen LogP contribution in [0.1, 0.15) is 43.7 Å². The van der Waals surface area contributed by atoms with Crippen LogP contribution in [0.25, 0.3) is 0 Å². The molecule has 4 unspecified atom stereocenters. The predicted octanol–water partition coefficient (Wildman–Crippen LogP) is 6.98. The molecule has 1 aliphatic rings. The lowest BCUT2D eigenvalue weighted by atomic mass is 9.80. The number of para-hydroxylation sites is 1. The molecule has 0 radical (unpaired) electrons. The molecule has 1 saturated heterocycles. The number of rotatable bonds is 13. The zero-order valence-corrected chi connectivity index (χ0v) is 32.6. The van der Waals surface area contributed by atoms with Crippen molar-refractivity contribution in [2.24, 2.45) is 0 Å². The number of ether oxygens (including phenoxy) is 5. The van der Waals surface area contributed by atoms with Crippen molar-refractivity contribution in [3.63, 3.8) is 0 Å². The van der Waals surface area contributed by atoms with Crippen LogP contribution in [0.4, 0.5) is 10.5 Å². The van der Waals surface area contributed by atoms with Gasteiger partial charge in [-0.25, -0.2) is 9.59 Å². The Labute approximate surface area is 326 Å². The molecule has 1 amide bonds. The molecule has 2 heterocycles. The van der Waals surface area contributed by atoms with E-state index in [1.165, 1.54) is 17.0 Å². The number of nitrogens with one attached hydrogen (secondary N) is 2. The van der Waals surface area contributed by atoms with E-state index in [0.29, 0.717) is 17.2 Å². The Balaban J connectivity index is 1.34. The van der Waals surface area contributed by atoms with E-state index in [4.69, 9.17) is 23.7 Å². The van der Waals surface area contributed by atoms with Gasteiger partial charge in [-0.15, -0.1) is 0 Å². The quantitative estimate of drug-likeness (QED) is 0.0839. The number of aliphatic hydroxyl groups excluding tert-OH is 1. The molecule has 3 N–H and O–H groups in total. The van der Waals surface area contributed by atoms with Crippen LogP contribution in [0.15, 0.2) is 130 Å². The smallest absolute Gasteiger partial charge is 0.412 e. The monoisotopic (exact) mass is 785 g/mol. The molecule has 1 fully saturated rings. The molecule has 0 bridgehead atoms. The molecule has 0 saturated carbocycles. The molecule has 6 rings (SSSR count). The van der Waals surface area contributed by atoms with Gasteiger partial charge in [0.15, 0.2) is 12.3 Å². The second-order valence-corrected chi connectivity index (χ2v) is 16.7. The number of aromatic amines is 1. The number of carbonyl (C=O) groups is 1. The molecule has 4 atom stereocenters. The summed E-state index contributed by atoms with van der Waals surface area (Å²) in [6.45, 7) is 6.04. The Morgan fingerprint density at radius 2 is 1.42 bits per heavy atom. The maximum Gasteiger partial charge on any atom is 0.412 e. The molecule has 14 heteroatoms. The lowest BCUT2D eigenvalue weighted by Crippen LogP contribution is -2.42. The van der Waals surface area contributed by atoms with Crippen molar-refractivity contribution in [3.05, 3.63) is 153 Å². The molecule has 1 aromatic heterocycles. The largest absolute Gasteiger partial charge is 0.497 e. The molecule has 288 valence electrons. The Morgan fingerprint density at radius 1 is 0.836 bits per heavy atom. The van der Waals surface area contributed by atoms with E-state index in [9.17, 15) is 19.5 Å². The minimum atomic E-state index is -1.48. The number of carbonyl (C=O) groups excluding carboxylic acids is 1. The van der Waals surface area contributed by atoms with E-state index in [0.717, 1.165) is 32.2 Å². The number of benzene rings is 4. The van der Waals surface area contributed by atoms with Crippen LogP contribution in [-0.4, -0.2) is 64.6 Å². The summed E-state index contributed by atoms with van der Waals surface area (Å²) in [5.74, 6) is 1.30. The minimum absolute atomic E-state index is 0.0450. The molecule has 0 spiro atoms. The fourth-order valence-electron chi connectivity index (χ4n) is 6.19. The van der Waals surface area contributed by atoms with E-state index >= 15 is 0 Å². The number of amides is 1. The highest BCUT2D eigenvalue weighted by Gasteiger charge is 2.49. The summed E-state index contributed by atoms with van der Waals surface area (Å²) in [5, 5.41) is 14.7. The normalized spacial score (nSPS) is 18.4. The van der Waals surface area contributed by atoms with Crippen LogP contribution in [0.3, 0.4) is 0 Å². The lowest BCUT2D eigenvalue weighted by molar-refractivity contribution is -0.0959. The molecule has 4 aromatic carbocycles. The van der Waals surface area contributed by atoms with Crippen molar-refractivity contribution in [3.8, 4) is 11.5 Å². The third-order valence-electron chi connectivity index (χ3n) is 8.82. The number of methoxy groups -OCH3 is 2. The Hall–Kier alpha value is -4.99. The van der Waals surface area contributed by atoms with Gasteiger partial charge < -0.3 is 28.8 Å². The number of aliphatic hydroxyl groups is 1. The summed E-state index contributed by atoms with van der Waals surface area (Å²) in [4.78, 5) is 41.6. The first-order chi connectivity index (χ1) is 26.4. The van der Waals surface area contributed by atoms with Gasteiger partial charge in [0.2, 0.25) is 0 Å². The van der Waals surface area contributed by atoms with Crippen molar-refractivity contribution in [2.45, 2.75) is 60.6 Å². The lowest BCUT2D eigenvalue weighted by Gasteiger charge is -2.37. The second kappa shape index (κ2) is 17.2. The van der Waals surface area contributed by atoms with Crippen molar-refractivity contribution in [2.75, 3.05) is 26.1 Å². The van der Waals surface area contributed by atoms with Crippen molar-refractivity contribution >= 4 is 33.4 Å². The molecular formula is C41H43N3O9S2. The summed E-state index contributed by atoms with van der Waals surface area (Å²) in [6, 6.07) is 33.0. The summed E-state index contributed by atoms with van der Waals surface area (Å²) < 4.78 is 31.1. The fraction of sp³-hybridized carbons (Fsp3) is 0.293. The zero-order valence-electron chi connectivity index (χ0n) is 31.0. The third-order valence-corrected chi connectivity index (χ3v) is 12.2. The van der Waals surface area contributed by atoms with Gasteiger partial charge in [0.25, 0.3) is 5.56 Å². The van der Waals surface area contributed by atoms with Crippen molar-refractivity contribution < 1.29 is 33.6 Å². The maximum atomic E-state index is 13.6. The van der Waals surface area contributed by atoms with Crippen LogP contribution >= 0.6 is 21.6 Å². The topological polar surface area (TPSA) is 150 Å². The van der Waals surface area contributed by atoms with Crippen molar-refractivity contribution in [1.82, 2.24) is 9.55 Å². The number of H-pyrrole nitrogens is 1. The Kier molecular flexibility index (Phi) is 12.4. The summed E-state index contributed by atoms with van der Waals surface area (Å²) in [7, 11) is 6.33. The minimum Gasteiger partial charge on any atom is -0.497 e. The molecule has 0 aliphatic carbocycles. The van der Waals surface area contributed by atoms with Crippen LogP contribution in [0, 0.1) is 0 Å². The van der Waals surface area contributed by atoms with Gasteiger partial charge in [-0.1, -0.05) is 109 Å². The van der Waals surface area contributed by atoms with Crippen LogP contribution in [-0.2, 0) is 19.8 Å². The number of nitrogens with zero attached hydrogens (tertiary/aromatic N) is 1. The van der Waals surface area contributed by atoms with Gasteiger partial charge in [0.1, 0.15) is 29.3 Å². The molecule has 1 aliphatic heterocycles. The average Bonchev–Trinajstić information content (AvgIpc) is 3.48. The second-order valence-electron chi connectivity index (χ2n) is 13.7. The number of hydrogen-bond donors (Lipinski definition) is 3. The van der Waals surface area contributed by atoms with Crippen LogP contribution in [0.5, 0.6) is 11.5 Å². The first-order valence-corrected chi connectivity index (χ1v) is 19.6. The van der Waals surface area contributed by atoms with E-state index in [-0.39, 0.29) is 11.4 Å². The van der Waals surface area contributed by atoms with Gasteiger partial charge >= 0.3 is 11.8 Å². The number of aromatic nitrogens is 2. The molecular weight excluding hydrogens is 743 g/mol. The van der Waals surface area contributed by atoms with Crippen molar-refractivity contribution in [1.29, 1.82) is 0 Å². The SMILES string of the molecule is COc1ccc(C(OCC2OC(n3ccc(=O)[nH]c3=O)C(OC(=O)Nc3ccccc3SSC(C)(C)C)C2O)(c2ccccc2)c2ccc(OC)cc2)cc1. The standard InChI is InChI=1S/C41H43N3O9S2/c1-40(2,3)55-54-33-14-10-9-13-31(33)42-39(48)53-36-35(46)32(52-37(36)44-24-23-34(45)43-38(44)47)25-51-41(26-11-7-6-8-12-26,27-15-19-29(49-4)20-16-27)28-17-21-30(50-5)22-18-28/h6-24,32,35-37,46H,25H2,1-5H3,(H,42,48)(H,43,45,47). The Morgan fingerprint density at radius 3 is 2.00 bits per heavy atom. The van der Waals surface area contributed by atoms with E-state index in [1.807, 2.05) is 91.0 Å². The van der Waals surface area contributed by atoms with Gasteiger partial charge in [0, 0.05) is 21.9 Å². The maximum absolute atomic E-state index is 13.6. The zero-order chi connectivity index (χ0) is 39.2. The molecule has 55 heavy (non-hydrogen) atoms. The first-order valence-electron chi connectivity index (χ1n) is 17.5. The fourth-order valence-corrected chi connectivity index (χ4v) is 8.33. The number of hydrogen-bond acceptors (Lipinski definition) is 11. The molecule has 5 aromatic rings. The predicted molar refractivity (Wildman–Crippen MR) is 213 cm³/mol. The van der Waals surface area contributed by atoms with Crippen LogP contribution < -0.4 is 26.0 Å². The van der Waals surface area contributed by atoms with E-state index < -0.39 is 47.5 Å². The summed E-state index contributed by atoms with van der Waals surface area (Å²) in [6.07, 6.45) is -4.96. The summed E-state index contributed by atoms with van der Waals surface area (Å²) in [5.41, 5.74) is 0.0972.